The van der Waals surface area contributed by atoms with Gasteiger partial charge in [0, 0.05) is 24.7 Å². The van der Waals surface area contributed by atoms with E-state index in [1.54, 1.807) is 35.2 Å². The lowest BCUT2D eigenvalue weighted by Gasteiger charge is -2.30. The molecule has 0 aliphatic carbocycles. The van der Waals surface area contributed by atoms with E-state index in [2.05, 4.69) is 0 Å². The van der Waals surface area contributed by atoms with Crippen LogP contribution >= 0.6 is 11.3 Å². The topological polar surface area (TPSA) is 99.0 Å². The summed E-state index contributed by atoms with van der Waals surface area (Å²) in [6, 6.07) is 11.3. The first kappa shape index (κ1) is 18.0. The van der Waals surface area contributed by atoms with E-state index >= 15 is 0 Å². The number of carbonyl (C=O) groups is 2. The Morgan fingerprint density at radius 3 is 2.46 bits per heavy atom. The standard InChI is InChI=1S/C17H16N2O6S/c20-16(18-8-10-24-11-9-18)15(12-4-2-1-3-5-12)25-17(21)13-6-7-14(26-13)19(22)23/h1-7,15H,8-11H2. The lowest BCUT2D eigenvalue weighted by atomic mass is 10.1. The van der Waals surface area contributed by atoms with Gasteiger partial charge in [0.2, 0.25) is 6.10 Å². The zero-order valence-corrected chi connectivity index (χ0v) is 14.5. The van der Waals surface area contributed by atoms with Gasteiger partial charge in [0.05, 0.1) is 18.1 Å². The predicted molar refractivity (Wildman–Crippen MR) is 93.0 cm³/mol. The fourth-order valence-corrected chi connectivity index (χ4v) is 3.24. The second-order valence-corrected chi connectivity index (χ2v) is 6.59. The molecule has 1 aliphatic rings. The minimum atomic E-state index is -1.11. The quantitative estimate of drug-likeness (QED) is 0.451. The maximum atomic E-state index is 12.9. The molecule has 1 aromatic heterocycles. The van der Waals surface area contributed by atoms with E-state index in [1.165, 1.54) is 12.1 Å². The van der Waals surface area contributed by atoms with Gasteiger partial charge < -0.3 is 14.4 Å². The molecular weight excluding hydrogens is 360 g/mol. The highest BCUT2D eigenvalue weighted by Gasteiger charge is 2.31. The van der Waals surface area contributed by atoms with Gasteiger partial charge in [0.15, 0.2) is 0 Å². The lowest BCUT2D eigenvalue weighted by Crippen LogP contribution is -2.44. The zero-order chi connectivity index (χ0) is 18.5. The molecule has 136 valence electrons. The van der Waals surface area contributed by atoms with Crippen molar-refractivity contribution in [1.29, 1.82) is 0 Å². The average Bonchev–Trinajstić information content (AvgIpc) is 3.17. The Balaban J connectivity index is 1.82. The molecule has 0 saturated carbocycles. The van der Waals surface area contributed by atoms with Crippen LogP contribution in [0.3, 0.4) is 0 Å². The smallest absolute Gasteiger partial charge is 0.349 e. The molecule has 1 amide bonds. The summed E-state index contributed by atoms with van der Waals surface area (Å²) in [5.74, 6) is -1.10. The van der Waals surface area contributed by atoms with E-state index in [-0.39, 0.29) is 15.8 Å². The maximum Gasteiger partial charge on any atom is 0.349 e. The largest absolute Gasteiger partial charge is 0.443 e. The highest BCUT2D eigenvalue weighted by Crippen LogP contribution is 2.28. The third kappa shape index (κ3) is 4.06. The average molecular weight is 376 g/mol. The molecule has 2 aromatic rings. The molecule has 0 N–H and O–H groups in total. The van der Waals surface area contributed by atoms with Crippen LogP contribution in [0.5, 0.6) is 0 Å². The number of morpholine rings is 1. The van der Waals surface area contributed by atoms with Gasteiger partial charge in [-0.05, 0) is 6.07 Å². The number of hydrogen-bond donors (Lipinski definition) is 0. The first-order valence-electron chi connectivity index (χ1n) is 7.93. The lowest BCUT2D eigenvalue weighted by molar-refractivity contribution is -0.380. The normalized spacial score (nSPS) is 15.3. The number of benzene rings is 1. The van der Waals surface area contributed by atoms with E-state index < -0.39 is 17.0 Å². The summed E-state index contributed by atoms with van der Waals surface area (Å²) in [7, 11) is 0. The second-order valence-electron chi connectivity index (χ2n) is 5.53. The maximum absolute atomic E-state index is 12.9. The number of nitro groups is 1. The summed E-state index contributed by atoms with van der Waals surface area (Å²) in [4.78, 5) is 37.2. The van der Waals surface area contributed by atoms with E-state index in [0.717, 1.165) is 0 Å². The number of ether oxygens (including phenoxy) is 2. The van der Waals surface area contributed by atoms with Crippen LogP contribution in [0.15, 0.2) is 42.5 Å². The van der Waals surface area contributed by atoms with Crippen molar-refractivity contribution >= 4 is 28.2 Å². The van der Waals surface area contributed by atoms with Gasteiger partial charge in [0.1, 0.15) is 4.88 Å². The summed E-state index contributed by atoms with van der Waals surface area (Å²) in [6.45, 7) is 1.70. The van der Waals surface area contributed by atoms with Crippen molar-refractivity contribution in [3.05, 3.63) is 63.0 Å². The van der Waals surface area contributed by atoms with Crippen molar-refractivity contribution in [2.24, 2.45) is 0 Å². The Bertz CT molecular complexity index is 801. The van der Waals surface area contributed by atoms with Gasteiger partial charge in [-0.3, -0.25) is 14.9 Å². The van der Waals surface area contributed by atoms with Crippen LogP contribution in [0.1, 0.15) is 21.3 Å². The molecule has 1 saturated heterocycles. The van der Waals surface area contributed by atoms with Gasteiger partial charge in [-0.1, -0.05) is 41.7 Å². The molecule has 3 rings (SSSR count). The first-order chi connectivity index (χ1) is 12.6. The third-order valence-electron chi connectivity index (χ3n) is 3.85. The van der Waals surface area contributed by atoms with Crippen molar-refractivity contribution in [2.45, 2.75) is 6.10 Å². The minimum absolute atomic E-state index is 0.0763. The Morgan fingerprint density at radius 2 is 1.85 bits per heavy atom. The molecule has 0 radical (unpaired) electrons. The number of esters is 1. The SMILES string of the molecule is O=C(OC(C(=O)N1CCOCC1)c1ccccc1)c1ccc([N+](=O)[O-])s1. The van der Waals surface area contributed by atoms with Crippen molar-refractivity contribution in [2.75, 3.05) is 26.3 Å². The fraction of sp³-hybridized carbons (Fsp3) is 0.294. The number of carbonyl (C=O) groups excluding carboxylic acids is 2. The van der Waals surface area contributed by atoms with Crippen molar-refractivity contribution < 1.29 is 24.0 Å². The number of amides is 1. The summed E-state index contributed by atoms with van der Waals surface area (Å²) < 4.78 is 10.7. The molecule has 9 heteroatoms. The van der Waals surface area contributed by atoms with E-state index in [4.69, 9.17) is 9.47 Å². The van der Waals surface area contributed by atoms with Crippen LogP contribution in [0.25, 0.3) is 0 Å². The van der Waals surface area contributed by atoms with Crippen LogP contribution < -0.4 is 0 Å². The van der Waals surface area contributed by atoms with Gasteiger partial charge in [-0.15, -0.1) is 0 Å². The molecule has 0 bridgehead atoms. The van der Waals surface area contributed by atoms with Gasteiger partial charge in [-0.25, -0.2) is 4.79 Å². The molecule has 26 heavy (non-hydrogen) atoms. The Kier molecular flexibility index (Phi) is 5.59. The monoisotopic (exact) mass is 376 g/mol. The molecular formula is C17H16N2O6S. The van der Waals surface area contributed by atoms with Crippen molar-refractivity contribution in [1.82, 2.24) is 4.90 Å². The highest BCUT2D eigenvalue weighted by atomic mass is 32.1. The fourth-order valence-electron chi connectivity index (χ4n) is 2.54. The minimum Gasteiger partial charge on any atom is -0.443 e. The Hall–Kier alpha value is -2.78. The van der Waals surface area contributed by atoms with Crippen LogP contribution in [0, 0.1) is 10.1 Å². The number of hydrogen-bond acceptors (Lipinski definition) is 7. The van der Waals surface area contributed by atoms with Gasteiger partial charge in [-0.2, -0.15) is 0 Å². The summed E-state index contributed by atoms with van der Waals surface area (Å²) in [6.07, 6.45) is -1.11. The van der Waals surface area contributed by atoms with E-state index in [0.29, 0.717) is 43.2 Å². The summed E-state index contributed by atoms with van der Waals surface area (Å²) >= 11 is 0.715. The van der Waals surface area contributed by atoms with Crippen molar-refractivity contribution in [3.8, 4) is 0 Å². The molecule has 1 aromatic carbocycles. The predicted octanol–water partition coefficient (Wildman–Crippen LogP) is 2.41. The molecule has 1 fully saturated rings. The summed E-state index contributed by atoms with van der Waals surface area (Å²) in [5.41, 5.74) is 0.545. The molecule has 8 nitrogen and oxygen atoms in total. The summed E-state index contributed by atoms with van der Waals surface area (Å²) in [5, 5.41) is 10.6. The van der Waals surface area contributed by atoms with Gasteiger partial charge >= 0.3 is 11.0 Å². The molecule has 2 heterocycles. The van der Waals surface area contributed by atoms with Crippen molar-refractivity contribution in [3.63, 3.8) is 0 Å². The Labute approximate surface area is 153 Å². The zero-order valence-electron chi connectivity index (χ0n) is 13.7. The number of thiophene rings is 1. The highest BCUT2D eigenvalue weighted by molar-refractivity contribution is 7.17. The van der Waals surface area contributed by atoms with E-state index in [1.807, 2.05) is 0 Å². The number of rotatable bonds is 5. The molecule has 1 unspecified atom stereocenters. The Morgan fingerprint density at radius 1 is 1.15 bits per heavy atom. The van der Waals surface area contributed by atoms with Crippen LogP contribution in [-0.2, 0) is 14.3 Å². The second kappa shape index (κ2) is 8.07. The van der Waals surface area contributed by atoms with Crippen LogP contribution in [0.2, 0.25) is 0 Å². The molecule has 1 aliphatic heterocycles. The molecule has 0 spiro atoms. The van der Waals surface area contributed by atoms with Gasteiger partial charge in [0.25, 0.3) is 5.91 Å². The molecule has 1 atom stereocenters. The third-order valence-corrected chi connectivity index (χ3v) is 4.86. The van der Waals surface area contributed by atoms with Crippen LogP contribution in [-0.4, -0.2) is 48.0 Å². The van der Waals surface area contributed by atoms with E-state index in [9.17, 15) is 19.7 Å². The number of nitrogens with zero attached hydrogens (tertiary/aromatic N) is 2. The first-order valence-corrected chi connectivity index (χ1v) is 8.74. The van der Waals surface area contributed by atoms with Crippen LogP contribution in [0.4, 0.5) is 5.00 Å².